The predicted molar refractivity (Wildman–Crippen MR) is 71.1 cm³/mol. The van der Waals surface area contributed by atoms with Crippen LogP contribution in [0.15, 0.2) is 11.6 Å². The smallest absolute Gasteiger partial charge is 0.0297 e. The van der Waals surface area contributed by atoms with Crippen LogP contribution in [0.5, 0.6) is 0 Å². The van der Waals surface area contributed by atoms with Crippen LogP contribution in [0, 0.1) is 11.3 Å². The maximum atomic E-state index is 2.48. The molecule has 0 rings (SSSR count). The fraction of sp³-hybridized carbons (Fsp3) is 0.867. The highest BCUT2D eigenvalue weighted by molar-refractivity contribution is 4.97. The van der Waals surface area contributed by atoms with Gasteiger partial charge in [-0.1, -0.05) is 52.2 Å². The second-order valence-electron chi connectivity index (χ2n) is 5.35. The van der Waals surface area contributed by atoms with E-state index in [0.29, 0.717) is 5.41 Å². The molecule has 0 saturated heterocycles. The lowest BCUT2D eigenvalue weighted by atomic mass is 9.70. The van der Waals surface area contributed by atoms with Gasteiger partial charge in [-0.15, -0.1) is 0 Å². The Hall–Kier alpha value is -0.260. The summed E-state index contributed by atoms with van der Waals surface area (Å²) < 4.78 is 0. The second kappa shape index (κ2) is 7.09. The van der Waals surface area contributed by atoms with Crippen LogP contribution < -0.4 is 0 Å². The van der Waals surface area contributed by atoms with Gasteiger partial charge in [-0.2, -0.15) is 0 Å². The van der Waals surface area contributed by atoms with Gasteiger partial charge in [0.05, 0.1) is 0 Å². The molecule has 2 atom stereocenters. The Morgan fingerprint density at radius 2 is 1.87 bits per heavy atom. The summed E-state index contributed by atoms with van der Waals surface area (Å²) >= 11 is 0. The number of rotatable bonds is 7. The van der Waals surface area contributed by atoms with Gasteiger partial charge in [0.1, 0.15) is 0 Å². The monoisotopic (exact) mass is 210 g/mol. The first kappa shape index (κ1) is 14.7. The van der Waals surface area contributed by atoms with Crippen molar-refractivity contribution in [2.45, 2.75) is 73.6 Å². The Balaban J connectivity index is 4.37. The number of hydrogen-bond donors (Lipinski definition) is 0. The third-order valence-corrected chi connectivity index (χ3v) is 4.21. The molecular formula is C15H30. The molecule has 0 heterocycles. The van der Waals surface area contributed by atoms with Crippen LogP contribution in [0.25, 0.3) is 0 Å². The van der Waals surface area contributed by atoms with Gasteiger partial charge in [-0.25, -0.2) is 0 Å². The Kier molecular flexibility index (Phi) is 6.96. The minimum Gasteiger partial charge on any atom is -0.0887 e. The molecule has 0 fully saturated rings. The highest BCUT2D eigenvalue weighted by Gasteiger charge is 2.28. The number of allylic oxidation sites excluding steroid dienone is 2. The lowest BCUT2D eigenvalue weighted by Crippen LogP contribution is -2.25. The summed E-state index contributed by atoms with van der Waals surface area (Å²) in [5.41, 5.74) is 2.09. The van der Waals surface area contributed by atoms with Gasteiger partial charge in [0.2, 0.25) is 0 Å². The molecule has 0 amide bonds. The van der Waals surface area contributed by atoms with Crippen LogP contribution in [0.3, 0.4) is 0 Å². The molecule has 2 unspecified atom stereocenters. The van der Waals surface area contributed by atoms with Crippen molar-refractivity contribution in [3.8, 4) is 0 Å². The van der Waals surface area contributed by atoms with Crippen molar-refractivity contribution in [1.29, 1.82) is 0 Å². The van der Waals surface area contributed by atoms with Crippen molar-refractivity contribution in [2.24, 2.45) is 11.3 Å². The topological polar surface area (TPSA) is 0 Å². The van der Waals surface area contributed by atoms with Crippen molar-refractivity contribution in [3.63, 3.8) is 0 Å². The molecule has 90 valence electrons. The molecular weight excluding hydrogens is 180 g/mol. The molecule has 0 saturated carbocycles. The van der Waals surface area contributed by atoms with Crippen molar-refractivity contribution in [3.05, 3.63) is 11.6 Å². The molecule has 0 N–H and O–H groups in total. The van der Waals surface area contributed by atoms with Gasteiger partial charge in [0, 0.05) is 0 Å². The zero-order valence-electron chi connectivity index (χ0n) is 11.7. The molecule has 0 heteroatoms. The second-order valence-corrected chi connectivity index (χ2v) is 5.35. The summed E-state index contributed by atoms with van der Waals surface area (Å²) in [6, 6.07) is 0. The third kappa shape index (κ3) is 4.86. The maximum Gasteiger partial charge on any atom is -0.0297 e. The van der Waals surface area contributed by atoms with Gasteiger partial charge < -0.3 is 0 Å². The van der Waals surface area contributed by atoms with E-state index in [0.717, 1.165) is 5.92 Å². The molecule has 0 aromatic carbocycles. The van der Waals surface area contributed by atoms with Crippen molar-refractivity contribution in [1.82, 2.24) is 0 Å². The van der Waals surface area contributed by atoms with Crippen molar-refractivity contribution < 1.29 is 0 Å². The van der Waals surface area contributed by atoms with Crippen molar-refractivity contribution >= 4 is 0 Å². The summed E-state index contributed by atoms with van der Waals surface area (Å²) in [6.45, 7) is 13.9. The van der Waals surface area contributed by atoms with Crippen molar-refractivity contribution in [2.75, 3.05) is 0 Å². The molecule has 0 aliphatic heterocycles. The molecule has 0 spiro atoms. The first-order chi connectivity index (χ1) is 7.00. The first-order valence-corrected chi connectivity index (χ1v) is 6.62. The zero-order chi connectivity index (χ0) is 11.9. The van der Waals surface area contributed by atoms with E-state index in [1.54, 1.807) is 5.57 Å². The number of hydrogen-bond acceptors (Lipinski definition) is 0. The van der Waals surface area contributed by atoms with Crippen LogP contribution in [0.2, 0.25) is 0 Å². The standard InChI is InChI=1S/C15H30/c1-7-11-15(6,14(5)9-3)12-10-13(4)8-2/h8,14H,7,9-12H2,1-6H3. The fourth-order valence-electron chi connectivity index (χ4n) is 2.31. The van der Waals surface area contributed by atoms with Gasteiger partial charge in [0.15, 0.2) is 0 Å². The van der Waals surface area contributed by atoms with E-state index in [9.17, 15) is 0 Å². The van der Waals surface area contributed by atoms with E-state index >= 15 is 0 Å². The van der Waals surface area contributed by atoms with Crippen LogP contribution in [-0.4, -0.2) is 0 Å². The van der Waals surface area contributed by atoms with E-state index in [2.05, 4.69) is 47.6 Å². The zero-order valence-corrected chi connectivity index (χ0v) is 11.7. The van der Waals surface area contributed by atoms with Crippen LogP contribution in [0.4, 0.5) is 0 Å². The summed E-state index contributed by atoms with van der Waals surface area (Å²) in [5, 5.41) is 0. The van der Waals surface area contributed by atoms with Crippen LogP contribution in [-0.2, 0) is 0 Å². The Morgan fingerprint density at radius 3 is 2.27 bits per heavy atom. The summed E-state index contributed by atoms with van der Waals surface area (Å²) in [4.78, 5) is 0. The quantitative estimate of drug-likeness (QED) is 0.481. The minimum absolute atomic E-state index is 0.549. The van der Waals surface area contributed by atoms with E-state index in [1.807, 2.05) is 0 Å². The molecule has 0 aliphatic rings. The van der Waals surface area contributed by atoms with E-state index in [-0.39, 0.29) is 0 Å². The van der Waals surface area contributed by atoms with Crippen LogP contribution >= 0.6 is 0 Å². The molecule has 0 aromatic rings. The Morgan fingerprint density at radius 1 is 1.27 bits per heavy atom. The van der Waals surface area contributed by atoms with E-state index in [4.69, 9.17) is 0 Å². The largest absolute Gasteiger partial charge is 0.0887 e. The minimum atomic E-state index is 0.549. The first-order valence-electron chi connectivity index (χ1n) is 6.62. The van der Waals surface area contributed by atoms with Crippen LogP contribution in [0.1, 0.15) is 73.6 Å². The van der Waals surface area contributed by atoms with E-state index in [1.165, 1.54) is 32.1 Å². The lowest BCUT2D eigenvalue weighted by molar-refractivity contribution is 0.161. The molecule has 0 radical (unpaired) electrons. The molecule has 15 heavy (non-hydrogen) atoms. The van der Waals surface area contributed by atoms with Gasteiger partial charge in [0.25, 0.3) is 0 Å². The molecule has 0 nitrogen and oxygen atoms in total. The highest BCUT2D eigenvalue weighted by Crippen LogP contribution is 2.39. The maximum absolute atomic E-state index is 2.48. The summed E-state index contributed by atoms with van der Waals surface area (Å²) in [7, 11) is 0. The van der Waals surface area contributed by atoms with E-state index < -0.39 is 0 Å². The predicted octanol–water partition coefficient (Wildman–Crippen LogP) is 5.59. The third-order valence-electron chi connectivity index (χ3n) is 4.21. The van der Waals surface area contributed by atoms with Gasteiger partial charge in [-0.05, 0) is 44.4 Å². The molecule has 0 aromatic heterocycles. The van der Waals surface area contributed by atoms with Gasteiger partial charge in [-0.3, -0.25) is 0 Å². The molecule has 0 bridgehead atoms. The Bertz CT molecular complexity index is 190. The summed E-state index contributed by atoms with van der Waals surface area (Å²) in [5.74, 6) is 0.849. The average Bonchev–Trinajstić information content (AvgIpc) is 2.25. The highest BCUT2D eigenvalue weighted by atomic mass is 14.3. The molecule has 0 aliphatic carbocycles. The van der Waals surface area contributed by atoms with Gasteiger partial charge >= 0.3 is 0 Å². The fourth-order valence-corrected chi connectivity index (χ4v) is 2.31. The average molecular weight is 210 g/mol. The summed E-state index contributed by atoms with van der Waals surface area (Å²) in [6.07, 6.45) is 8.88. The Labute approximate surface area is 97.2 Å². The normalized spacial score (nSPS) is 18.7. The SMILES string of the molecule is CC=C(C)CCC(C)(CCC)C(C)CC. The lowest BCUT2D eigenvalue weighted by Gasteiger charge is -2.35.